The predicted octanol–water partition coefficient (Wildman–Crippen LogP) is 2.48. The Kier molecular flexibility index (Phi) is 6.35. The standard InChI is InChI=1S/C13H21N3O2S/c1-3-6-10(11-7-5-8-19-11)15-13(17)9(4-2)12(14)16-18/h5,7-10,18H,3-4,6H2,1-2H3,(H2,14,16)(H,15,17). The first-order chi connectivity index (χ1) is 9.13. The Balaban J connectivity index is 2.76. The number of thiophene rings is 1. The van der Waals surface area contributed by atoms with Crippen LogP contribution in [0.2, 0.25) is 0 Å². The Hall–Kier alpha value is -1.56. The molecule has 0 fully saturated rings. The van der Waals surface area contributed by atoms with E-state index in [2.05, 4.69) is 17.4 Å². The molecule has 5 nitrogen and oxygen atoms in total. The van der Waals surface area contributed by atoms with Crippen molar-refractivity contribution in [3.8, 4) is 0 Å². The molecule has 0 bridgehead atoms. The van der Waals surface area contributed by atoms with Crippen LogP contribution in [0.25, 0.3) is 0 Å². The van der Waals surface area contributed by atoms with Crippen LogP contribution in [0.1, 0.15) is 44.0 Å². The largest absolute Gasteiger partial charge is 0.409 e. The zero-order chi connectivity index (χ0) is 14.3. The summed E-state index contributed by atoms with van der Waals surface area (Å²) < 4.78 is 0. The van der Waals surface area contributed by atoms with Crippen LogP contribution < -0.4 is 11.1 Å². The number of oxime groups is 1. The van der Waals surface area contributed by atoms with Gasteiger partial charge in [0.2, 0.25) is 5.91 Å². The Bertz CT molecular complexity index is 418. The van der Waals surface area contributed by atoms with E-state index in [9.17, 15) is 4.79 Å². The highest BCUT2D eigenvalue weighted by atomic mass is 32.1. The topological polar surface area (TPSA) is 87.7 Å². The molecule has 0 saturated carbocycles. The highest BCUT2D eigenvalue weighted by Gasteiger charge is 2.24. The average Bonchev–Trinajstić information content (AvgIpc) is 2.92. The maximum atomic E-state index is 12.2. The number of rotatable bonds is 7. The number of carbonyl (C=O) groups excluding carboxylic acids is 1. The minimum absolute atomic E-state index is 0.00181. The third-order valence-corrected chi connectivity index (χ3v) is 3.96. The fraction of sp³-hybridized carbons (Fsp3) is 0.538. The van der Waals surface area contributed by atoms with E-state index < -0.39 is 5.92 Å². The molecule has 0 aliphatic rings. The summed E-state index contributed by atoms with van der Waals surface area (Å²) in [6.07, 6.45) is 2.35. The van der Waals surface area contributed by atoms with Gasteiger partial charge in [0.05, 0.1) is 12.0 Å². The molecule has 0 spiro atoms. The Morgan fingerprint density at radius 3 is 2.79 bits per heavy atom. The van der Waals surface area contributed by atoms with E-state index in [1.165, 1.54) is 0 Å². The van der Waals surface area contributed by atoms with Gasteiger partial charge in [-0.15, -0.1) is 11.3 Å². The van der Waals surface area contributed by atoms with Crippen LogP contribution in [0, 0.1) is 5.92 Å². The third kappa shape index (κ3) is 4.24. The molecule has 0 radical (unpaired) electrons. The molecule has 4 N–H and O–H groups in total. The van der Waals surface area contributed by atoms with Gasteiger partial charge in [0, 0.05) is 4.88 Å². The van der Waals surface area contributed by atoms with Crippen molar-refractivity contribution in [1.29, 1.82) is 0 Å². The minimum atomic E-state index is -0.579. The van der Waals surface area contributed by atoms with Crippen molar-refractivity contribution in [3.63, 3.8) is 0 Å². The van der Waals surface area contributed by atoms with Crippen molar-refractivity contribution in [2.75, 3.05) is 0 Å². The molecule has 1 aromatic heterocycles. The smallest absolute Gasteiger partial charge is 0.231 e. The molecule has 1 rings (SSSR count). The maximum Gasteiger partial charge on any atom is 0.231 e. The lowest BCUT2D eigenvalue weighted by atomic mass is 10.0. The van der Waals surface area contributed by atoms with Crippen LogP contribution in [0.4, 0.5) is 0 Å². The number of amidine groups is 1. The molecular weight excluding hydrogens is 262 g/mol. The van der Waals surface area contributed by atoms with Gasteiger partial charge in [0.25, 0.3) is 0 Å². The molecule has 1 heterocycles. The van der Waals surface area contributed by atoms with Gasteiger partial charge in [0.1, 0.15) is 0 Å². The zero-order valence-electron chi connectivity index (χ0n) is 11.3. The number of carbonyl (C=O) groups is 1. The SMILES string of the molecule is CCCC(NC(=O)C(CC)C(N)=NO)c1cccs1. The molecule has 0 aliphatic heterocycles. The normalized spacial score (nSPS) is 14.9. The summed E-state index contributed by atoms with van der Waals surface area (Å²) in [6.45, 7) is 3.91. The molecule has 19 heavy (non-hydrogen) atoms. The molecular formula is C13H21N3O2S. The first kappa shape index (κ1) is 15.5. The number of hydrogen-bond acceptors (Lipinski definition) is 4. The Labute approximate surface area is 117 Å². The van der Waals surface area contributed by atoms with Crippen LogP contribution in [0.3, 0.4) is 0 Å². The fourth-order valence-corrected chi connectivity index (χ4v) is 2.75. The van der Waals surface area contributed by atoms with E-state index in [0.29, 0.717) is 6.42 Å². The van der Waals surface area contributed by atoms with Gasteiger partial charge < -0.3 is 16.3 Å². The summed E-state index contributed by atoms with van der Waals surface area (Å²) in [5, 5.41) is 16.6. The van der Waals surface area contributed by atoms with Gasteiger partial charge in [0.15, 0.2) is 5.84 Å². The van der Waals surface area contributed by atoms with Crippen molar-refractivity contribution in [3.05, 3.63) is 22.4 Å². The molecule has 0 aliphatic carbocycles. The quantitative estimate of drug-likeness (QED) is 0.311. The highest BCUT2D eigenvalue weighted by molar-refractivity contribution is 7.10. The van der Waals surface area contributed by atoms with E-state index in [1.54, 1.807) is 11.3 Å². The van der Waals surface area contributed by atoms with E-state index in [0.717, 1.165) is 17.7 Å². The van der Waals surface area contributed by atoms with Crippen LogP contribution in [0.15, 0.2) is 22.7 Å². The number of nitrogens with one attached hydrogen (secondary N) is 1. The number of amides is 1. The molecule has 1 amide bonds. The molecule has 0 aromatic carbocycles. The lowest BCUT2D eigenvalue weighted by molar-refractivity contribution is -0.124. The summed E-state index contributed by atoms with van der Waals surface area (Å²) in [4.78, 5) is 13.3. The molecule has 0 saturated heterocycles. The van der Waals surface area contributed by atoms with Gasteiger partial charge in [-0.3, -0.25) is 4.79 Å². The van der Waals surface area contributed by atoms with Crippen molar-refractivity contribution in [1.82, 2.24) is 5.32 Å². The fourth-order valence-electron chi connectivity index (χ4n) is 1.93. The first-order valence-electron chi connectivity index (χ1n) is 6.45. The lowest BCUT2D eigenvalue weighted by Crippen LogP contribution is -2.40. The first-order valence-corrected chi connectivity index (χ1v) is 7.33. The van der Waals surface area contributed by atoms with Crippen molar-refractivity contribution >= 4 is 23.1 Å². The third-order valence-electron chi connectivity index (χ3n) is 2.98. The van der Waals surface area contributed by atoms with E-state index in [1.807, 2.05) is 24.4 Å². The number of hydrogen-bond donors (Lipinski definition) is 3. The van der Waals surface area contributed by atoms with Crippen LogP contribution in [0.5, 0.6) is 0 Å². The summed E-state index contributed by atoms with van der Waals surface area (Å²) in [7, 11) is 0. The summed E-state index contributed by atoms with van der Waals surface area (Å²) in [6, 6.07) is 3.98. The van der Waals surface area contributed by atoms with Crippen molar-refractivity contribution in [2.45, 2.75) is 39.2 Å². The predicted molar refractivity (Wildman–Crippen MR) is 77.3 cm³/mol. The minimum Gasteiger partial charge on any atom is -0.409 e. The monoisotopic (exact) mass is 283 g/mol. The van der Waals surface area contributed by atoms with Gasteiger partial charge in [-0.1, -0.05) is 31.5 Å². The van der Waals surface area contributed by atoms with Crippen molar-refractivity contribution in [2.24, 2.45) is 16.8 Å². The van der Waals surface area contributed by atoms with Crippen molar-refractivity contribution < 1.29 is 10.0 Å². The maximum absolute atomic E-state index is 12.2. The highest BCUT2D eigenvalue weighted by Crippen LogP contribution is 2.23. The van der Waals surface area contributed by atoms with E-state index in [-0.39, 0.29) is 17.8 Å². The van der Waals surface area contributed by atoms with E-state index in [4.69, 9.17) is 10.9 Å². The van der Waals surface area contributed by atoms with Gasteiger partial charge in [-0.05, 0) is 24.3 Å². The molecule has 106 valence electrons. The molecule has 2 unspecified atom stereocenters. The van der Waals surface area contributed by atoms with E-state index >= 15 is 0 Å². The lowest BCUT2D eigenvalue weighted by Gasteiger charge is -2.20. The molecule has 2 atom stereocenters. The number of nitrogens with zero attached hydrogens (tertiary/aromatic N) is 1. The van der Waals surface area contributed by atoms with Gasteiger partial charge in [-0.2, -0.15) is 0 Å². The summed E-state index contributed by atoms with van der Waals surface area (Å²) in [5.41, 5.74) is 5.54. The molecule has 1 aromatic rings. The molecule has 6 heteroatoms. The van der Waals surface area contributed by atoms with Crippen LogP contribution in [-0.2, 0) is 4.79 Å². The van der Waals surface area contributed by atoms with Crippen LogP contribution >= 0.6 is 11.3 Å². The second-order valence-electron chi connectivity index (χ2n) is 4.35. The Morgan fingerprint density at radius 2 is 2.32 bits per heavy atom. The number of nitrogens with two attached hydrogens (primary N) is 1. The average molecular weight is 283 g/mol. The summed E-state index contributed by atoms with van der Waals surface area (Å²) in [5.74, 6) is -0.810. The second-order valence-corrected chi connectivity index (χ2v) is 5.33. The zero-order valence-corrected chi connectivity index (χ0v) is 12.1. The van der Waals surface area contributed by atoms with Crippen LogP contribution in [-0.4, -0.2) is 17.0 Å². The van der Waals surface area contributed by atoms with Gasteiger partial charge in [-0.25, -0.2) is 0 Å². The summed E-state index contributed by atoms with van der Waals surface area (Å²) >= 11 is 1.62. The Morgan fingerprint density at radius 1 is 1.58 bits per heavy atom. The second kappa shape index (κ2) is 7.78. The van der Waals surface area contributed by atoms with Gasteiger partial charge >= 0.3 is 0 Å².